The summed E-state index contributed by atoms with van der Waals surface area (Å²) in [6, 6.07) is 5.23. The summed E-state index contributed by atoms with van der Waals surface area (Å²) < 4.78 is 0. The predicted octanol–water partition coefficient (Wildman–Crippen LogP) is 2.20. The van der Waals surface area contributed by atoms with Crippen molar-refractivity contribution in [2.45, 2.75) is 19.6 Å². The Bertz CT molecular complexity index is 396. The van der Waals surface area contributed by atoms with Crippen molar-refractivity contribution in [3.63, 3.8) is 0 Å². The van der Waals surface area contributed by atoms with Gasteiger partial charge in [-0.3, -0.25) is 0 Å². The number of benzene rings is 1. The molecule has 3 N–H and O–H groups in total. The van der Waals surface area contributed by atoms with Crippen LogP contribution in [0.4, 0.5) is 5.69 Å². The van der Waals surface area contributed by atoms with E-state index in [2.05, 4.69) is 31.1 Å². The molecule has 1 aromatic carbocycles. The molecule has 2 nitrogen and oxygen atoms in total. The Morgan fingerprint density at radius 1 is 1.29 bits per heavy atom. The minimum absolute atomic E-state index is 0.0956. The number of hydrogen-bond acceptors (Lipinski definition) is 2. The minimum atomic E-state index is -1.39. The minimum Gasteiger partial charge on any atom is -0.505 e. The van der Waals surface area contributed by atoms with E-state index >= 15 is 0 Å². The van der Waals surface area contributed by atoms with E-state index in [-0.39, 0.29) is 5.75 Å². The first-order chi connectivity index (χ1) is 6.40. The van der Waals surface area contributed by atoms with Gasteiger partial charge in [0.2, 0.25) is 0 Å². The van der Waals surface area contributed by atoms with Gasteiger partial charge in [0.1, 0.15) is 8.07 Å². The Balaban J connectivity index is 3.08. The van der Waals surface area contributed by atoms with Crippen LogP contribution < -0.4 is 5.73 Å². The number of anilines is 1. The zero-order valence-corrected chi connectivity index (χ0v) is 9.76. The van der Waals surface area contributed by atoms with E-state index in [0.717, 1.165) is 0 Å². The largest absolute Gasteiger partial charge is 0.505 e. The van der Waals surface area contributed by atoms with Crippen LogP contribution >= 0.6 is 0 Å². The molecule has 0 amide bonds. The monoisotopic (exact) mass is 205 g/mol. The van der Waals surface area contributed by atoms with E-state index in [1.165, 1.54) is 0 Å². The Hall–Kier alpha value is -1.40. The van der Waals surface area contributed by atoms with Gasteiger partial charge in [0.05, 0.1) is 11.3 Å². The molecule has 0 saturated carbocycles. The number of nitrogen functional groups attached to an aromatic ring is 1. The van der Waals surface area contributed by atoms with E-state index < -0.39 is 8.07 Å². The van der Waals surface area contributed by atoms with Gasteiger partial charge >= 0.3 is 0 Å². The van der Waals surface area contributed by atoms with Crippen molar-refractivity contribution in [2.75, 3.05) is 5.73 Å². The Morgan fingerprint density at radius 2 is 1.93 bits per heavy atom. The molecule has 0 saturated heterocycles. The fraction of sp³-hybridized carbons (Fsp3) is 0.273. The highest BCUT2D eigenvalue weighted by molar-refractivity contribution is 6.83. The lowest BCUT2D eigenvalue weighted by Gasteiger charge is -2.04. The Morgan fingerprint density at radius 3 is 2.50 bits per heavy atom. The van der Waals surface area contributed by atoms with Gasteiger partial charge in [-0.1, -0.05) is 31.6 Å². The molecule has 0 heterocycles. The SMILES string of the molecule is C[Si](C)(C)C#Cc1cccc(N)c1O. The number of rotatable bonds is 0. The number of phenolic OH excluding ortho intramolecular Hbond substituents is 1. The summed E-state index contributed by atoms with van der Waals surface area (Å²) in [5, 5.41) is 9.58. The second kappa shape index (κ2) is 3.77. The van der Waals surface area contributed by atoms with Gasteiger partial charge in [0.15, 0.2) is 5.75 Å². The topological polar surface area (TPSA) is 46.2 Å². The summed E-state index contributed by atoms with van der Waals surface area (Å²) in [6.07, 6.45) is 0. The fourth-order valence-corrected chi connectivity index (χ4v) is 1.43. The van der Waals surface area contributed by atoms with Crippen LogP contribution in [-0.2, 0) is 0 Å². The number of phenols is 1. The highest BCUT2D eigenvalue weighted by Gasteiger charge is 2.08. The van der Waals surface area contributed by atoms with Gasteiger partial charge in [-0.05, 0) is 12.1 Å². The first-order valence-corrected chi connectivity index (χ1v) is 8.01. The summed E-state index contributed by atoms with van der Waals surface area (Å²) in [4.78, 5) is 0. The van der Waals surface area contributed by atoms with Crippen LogP contribution in [0.5, 0.6) is 5.75 Å². The number of aromatic hydroxyl groups is 1. The lowest BCUT2D eigenvalue weighted by atomic mass is 10.2. The molecule has 0 atom stereocenters. The molecule has 0 aliphatic rings. The van der Waals surface area contributed by atoms with Crippen molar-refractivity contribution in [1.29, 1.82) is 0 Å². The Labute approximate surface area is 85.8 Å². The second-order valence-corrected chi connectivity index (χ2v) is 8.99. The Kier molecular flexibility index (Phi) is 2.87. The lowest BCUT2D eigenvalue weighted by Crippen LogP contribution is -2.16. The van der Waals surface area contributed by atoms with Crippen LogP contribution in [0, 0.1) is 11.5 Å². The van der Waals surface area contributed by atoms with Gasteiger partial charge in [0.25, 0.3) is 0 Å². The average molecular weight is 205 g/mol. The smallest absolute Gasteiger partial charge is 0.154 e. The highest BCUT2D eigenvalue weighted by Crippen LogP contribution is 2.23. The van der Waals surface area contributed by atoms with E-state index in [1.54, 1.807) is 18.2 Å². The number of hydrogen-bond donors (Lipinski definition) is 2. The van der Waals surface area contributed by atoms with Gasteiger partial charge in [-0.2, -0.15) is 0 Å². The zero-order valence-electron chi connectivity index (χ0n) is 8.76. The van der Waals surface area contributed by atoms with Crippen LogP contribution in [0.2, 0.25) is 19.6 Å². The quantitative estimate of drug-likeness (QED) is 0.295. The van der Waals surface area contributed by atoms with Crippen molar-refractivity contribution >= 4 is 13.8 Å². The maximum atomic E-state index is 9.58. The summed E-state index contributed by atoms with van der Waals surface area (Å²) in [5.41, 5.74) is 9.73. The van der Waals surface area contributed by atoms with Crippen LogP contribution in [-0.4, -0.2) is 13.2 Å². The third-order valence-corrected chi connectivity index (χ3v) is 2.51. The zero-order chi connectivity index (χ0) is 10.8. The van der Waals surface area contributed by atoms with Crippen LogP contribution in [0.15, 0.2) is 18.2 Å². The first-order valence-electron chi connectivity index (χ1n) is 4.51. The maximum Gasteiger partial charge on any atom is 0.154 e. The molecule has 74 valence electrons. The van der Waals surface area contributed by atoms with Gasteiger partial charge < -0.3 is 10.8 Å². The van der Waals surface area contributed by atoms with Crippen LogP contribution in [0.25, 0.3) is 0 Å². The van der Waals surface area contributed by atoms with Gasteiger partial charge in [-0.15, -0.1) is 5.54 Å². The molecule has 1 aromatic rings. The number of nitrogens with two attached hydrogens (primary N) is 1. The summed E-state index contributed by atoms with van der Waals surface area (Å²) >= 11 is 0. The first kappa shape index (κ1) is 10.7. The third-order valence-electron chi connectivity index (χ3n) is 1.64. The third kappa shape index (κ3) is 2.82. The van der Waals surface area contributed by atoms with Crippen molar-refractivity contribution in [1.82, 2.24) is 0 Å². The van der Waals surface area contributed by atoms with E-state index in [0.29, 0.717) is 11.3 Å². The van der Waals surface area contributed by atoms with E-state index in [4.69, 9.17) is 5.73 Å². The molecule has 0 spiro atoms. The molecule has 1 rings (SSSR count). The van der Waals surface area contributed by atoms with Crippen molar-refractivity contribution in [3.05, 3.63) is 23.8 Å². The molecule has 0 aliphatic heterocycles. The summed E-state index contributed by atoms with van der Waals surface area (Å²) in [6.45, 7) is 6.47. The highest BCUT2D eigenvalue weighted by atomic mass is 28.3. The molecule has 14 heavy (non-hydrogen) atoms. The molecule has 0 fully saturated rings. The molecule has 0 bridgehead atoms. The molecule has 3 heteroatoms. The molecule has 0 radical (unpaired) electrons. The van der Waals surface area contributed by atoms with Crippen molar-refractivity contribution in [3.8, 4) is 17.2 Å². The van der Waals surface area contributed by atoms with E-state index in [9.17, 15) is 5.11 Å². The predicted molar refractivity (Wildman–Crippen MR) is 62.7 cm³/mol. The number of para-hydroxylation sites is 1. The van der Waals surface area contributed by atoms with Gasteiger partial charge in [0, 0.05) is 0 Å². The summed E-state index contributed by atoms with van der Waals surface area (Å²) in [7, 11) is -1.39. The summed E-state index contributed by atoms with van der Waals surface area (Å²) in [5.74, 6) is 3.07. The van der Waals surface area contributed by atoms with Crippen LogP contribution in [0.3, 0.4) is 0 Å². The lowest BCUT2D eigenvalue weighted by molar-refractivity contribution is 0.476. The average Bonchev–Trinajstić information content (AvgIpc) is 2.06. The molecular formula is C11H15NOSi. The normalized spacial score (nSPS) is 10.5. The van der Waals surface area contributed by atoms with Crippen LogP contribution in [0.1, 0.15) is 5.56 Å². The van der Waals surface area contributed by atoms with Crippen molar-refractivity contribution in [2.24, 2.45) is 0 Å². The van der Waals surface area contributed by atoms with E-state index in [1.807, 2.05) is 0 Å². The molecule has 0 aliphatic carbocycles. The fourth-order valence-electron chi connectivity index (χ4n) is 0.917. The molecule has 0 unspecified atom stereocenters. The molecular weight excluding hydrogens is 190 g/mol. The van der Waals surface area contributed by atoms with Gasteiger partial charge in [-0.25, -0.2) is 0 Å². The standard InChI is InChI=1S/C11H15NOSi/c1-14(2,3)8-7-9-5-4-6-10(12)11(9)13/h4-6,13H,12H2,1-3H3. The van der Waals surface area contributed by atoms with Crippen molar-refractivity contribution < 1.29 is 5.11 Å². The maximum absolute atomic E-state index is 9.58. The molecule has 0 aromatic heterocycles. The second-order valence-electron chi connectivity index (χ2n) is 4.24.